The van der Waals surface area contributed by atoms with Crippen LogP contribution in [0.5, 0.6) is 0 Å². The van der Waals surface area contributed by atoms with Gasteiger partial charge in [0.1, 0.15) is 5.82 Å². The number of aliphatic carboxylic acids is 1. The van der Waals surface area contributed by atoms with Crippen molar-refractivity contribution in [3.63, 3.8) is 0 Å². The van der Waals surface area contributed by atoms with E-state index in [1.807, 2.05) is 22.6 Å². The van der Waals surface area contributed by atoms with E-state index in [1.54, 1.807) is 13.8 Å². The highest BCUT2D eigenvalue weighted by Gasteiger charge is 2.21. The monoisotopic (exact) mass is 394 g/mol. The highest BCUT2D eigenvalue weighted by Crippen LogP contribution is 2.19. The summed E-state index contributed by atoms with van der Waals surface area (Å²) in [5.74, 6) is -1.28. The van der Waals surface area contributed by atoms with E-state index in [-0.39, 0.29) is 12.2 Å². The Bertz CT molecular complexity index is 520. The van der Waals surface area contributed by atoms with Crippen LogP contribution < -0.4 is 10.6 Å². The molecular formula is C13H16FIN2O3. The Hall–Kier alpha value is -1.38. The molecule has 0 aliphatic rings. The number of halogens is 2. The number of carbonyl (C=O) groups excluding carboxylic acids is 1. The van der Waals surface area contributed by atoms with Gasteiger partial charge in [0.15, 0.2) is 0 Å². The lowest BCUT2D eigenvalue weighted by atomic mass is 9.99. The van der Waals surface area contributed by atoms with E-state index in [2.05, 4.69) is 10.6 Å². The first-order chi connectivity index (χ1) is 9.19. The minimum atomic E-state index is -0.909. The Morgan fingerprint density at radius 3 is 2.60 bits per heavy atom. The molecule has 5 nitrogen and oxygen atoms in total. The van der Waals surface area contributed by atoms with Gasteiger partial charge in [-0.1, -0.05) is 0 Å². The lowest BCUT2D eigenvalue weighted by Crippen LogP contribution is -2.45. The highest BCUT2D eigenvalue weighted by atomic mass is 127. The van der Waals surface area contributed by atoms with Crippen LogP contribution in [-0.4, -0.2) is 22.6 Å². The maximum absolute atomic E-state index is 12.9. The fourth-order valence-corrected chi connectivity index (χ4v) is 2.15. The van der Waals surface area contributed by atoms with E-state index in [0.717, 1.165) is 0 Å². The van der Waals surface area contributed by atoms with E-state index in [4.69, 9.17) is 5.11 Å². The van der Waals surface area contributed by atoms with Crippen molar-refractivity contribution < 1.29 is 19.1 Å². The molecule has 0 atom stereocenters. The van der Waals surface area contributed by atoms with Crippen molar-refractivity contribution >= 4 is 40.3 Å². The van der Waals surface area contributed by atoms with Gasteiger partial charge in [-0.25, -0.2) is 9.18 Å². The second kappa shape index (κ2) is 6.87. The lowest BCUT2D eigenvalue weighted by Gasteiger charge is -2.25. The Morgan fingerprint density at radius 1 is 1.40 bits per heavy atom. The average Bonchev–Trinajstić information content (AvgIpc) is 2.30. The lowest BCUT2D eigenvalue weighted by molar-refractivity contribution is -0.137. The summed E-state index contributed by atoms with van der Waals surface area (Å²) in [4.78, 5) is 22.4. The van der Waals surface area contributed by atoms with Crippen LogP contribution in [0.3, 0.4) is 0 Å². The van der Waals surface area contributed by atoms with Gasteiger partial charge in [0, 0.05) is 15.5 Å². The third-order valence-corrected chi connectivity index (χ3v) is 3.49. The summed E-state index contributed by atoms with van der Waals surface area (Å²) in [6.45, 7) is 3.48. The van der Waals surface area contributed by atoms with Crippen LogP contribution in [-0.2, 0) is 4.79 Å². The van der Waals surface area contributed by atoms with Crippen molar-refractivity contribution in [1.82, 2.24) is 5.32 Å². The first-order valence-electron chi connectivity index (χ1n) is 5.95. The highest BCUT2D eigenvalue weighted by molar-refractivity contribution is 14.1. The zero-order valence-corrected chi connectivity index (χ0v) is 13.3. The summed E-state index contributed by atoms with van der Waals surface area (Å²) in [6.07, 6.45) is 0.289. The van der Waals surface area contributed by atoms with Crippen LogP contribution in [0.4, 0.5) is 14.9 Å². The van der Waals surface area contributed by atoms with Gasteiger partial charge < -0.3 is 15.7 Å². The average molecular weight is 394 g/mol. The molecule has 0 fully saturated rings. The molecule has 0 aliphatic heterocycles. The van der Waals surface area contributed by atoms with Crippen molar-refractivity contribution in [1.29, 1.82) is 0 Å². The minimum Gasteiger partial charge on any atom is -0.481 e. The number of hydrogen-bond acceptors (Lipinski definition) is 2. The number of nitrogens with one attached hydrogen (secondary N) is 2. The second-order valence-electron chi connectivity index (χ2n) is 4.98. The topological polar surface area (TPSA) is 78.4 Å². The number of amides is 2. The zero-order chi connectivity index (χ0) is 15.3. The van der Waals surface area contributed by atoms with Crippen LogP contribution in [0.2, 0.25) is 0 Å². The van der Waals surface area contributed by atoms with E-state index in [1.165, 1.54) is 18.2 Å². The first-order valence-corrected chi connectivity index (χ1v) is 7.03. The van der Waals surface area contributed by atoms with Gasteiger partial charge in [0.05, 0.1) is 5.69 Å². The molecule has 0 saturated heterocycles. The van der Waals surface area contributed by atoms with Crippen molar-refractivity contribution in [2.75, 3.05) is 5.32 Å². The van der Waals surface area contributed by atoms with Crippen molar-refractivity contribution in [2.24, 2.45) is 0 Å². The normalized spacial score (nSPS) is 11.0. The fourth-order valence-electron chi connectivity index (χ4n) is 1.53. The quantitative estimate of drug-likeness (QED) is 0.672. The van der Waals surface area contributed by atoms with Crippen LogP contribution in [0.15, 0.2) is 18.2 Å². The van der Waals surface area contributed by atoms with E-state index in [9.17, 15) is 14.0 Å². The molecule has 20 heavy (non-hydrogen) atoms. The number of anilines is 1. The number of urea groups is 1. The predicted molar refractivity (Wildman–Crippen MR) is 82.2 cm³/mol. The maximum Gasteiger partial charge on any atom is 0.319 e. The summed E-state index contributed by atoms with van der Waals surface area (Å²) < 4.78 is 13.5. The van der Waals surface area contributed by atoms with Crippen LogP contribution >= 0.6 is 22.6 Å². The number of carbonyl (C=O) groups is 2. The molecule has 1 rings (SSSR count). The van der Waals surface area contributed by atoms with Gasteiger partial charge in [0.25, 0.3) is 0 Å². The SMILES string of the molecule is CC(C)(CCC(=O)O)NC(=O)Nc1ccc(F)cc1I. The third-order valence-electron chi connectivity index (χ3n) is 2.60. The number of carboxylic acid groups (broad SMARTS) is 1. The van der Waals surface area contributed by atoms with Gasteiger partial charge in [0.2, 0.25) is 0 Å². The van der Waals surface area contributed by atoms with E-state index >= 15 is 0 Å². The molecule has 0 saturated carbocycles. The number of carboxylic acids is 1. The fraction of sp³-hybridized carbons (Fsp3) is 0.385. The standard InChI is InChI=1S/C13H16FIN2O3/c1-13(2,6-5-11(18)19)17-12(20)16-10-4-3-8(14)7-9(10)15/h3-4,7H,5-6H2,1-2H3,(H,18,19)(H2,16,17,20). The molecule has 0 bridgehead atoms. The van der Waals surface area contributed by atoms with Crippen molar-refractivity contribution in [2.45, 2.75) is 32.2 Å². The van der Waals surface area contributed by atoms with Gasteiger partial charge in [-0.2, -0.15) is 0 Å². The first kappa shape index (κ1) is 16.7. The molecule has 1 aromatic carbocycles. The summed E-state index contributed by atoms with van der Waals surface area (Å²) in [6, 6.07) is 3.59. The Kier molecular flexibility index (Phi) is 5.73. The largest absolute Gasteiger partial charge is 0.481 e. The third kappa shape index (κ3) is 5.72. The molecule has 1 aromatic rings. The molecule has 0 aromatic heterocycles. The summed E-state index contributed by atoms with van der Waals surface area (Å²) >= 11 is 1.92. The van der Waals surface area contributed by atoms with Crippen LogP contribution in [0.25, 0.3) is 0 Å². The van der Waals surface area contributed by atoms with Gasteiger partial charge in [-0.05, 0) is 61.1 Å². The van der Waals surface area contributed by atoms with E-state index in [0.29, 0.717) is 15.7 Å². The molecule has 0 radical (unpaired) electrons. The molecule has 110 valence electrons. The number of rotatable bonds is 5. The van der Waals surface area contributed by atoms with Crippen LogP contribution in [0.1, 0.15) is 26.7 Å². The maximum atomic E-state index is 12.9. The van der Waals surface area contributed by atoms with Crippen molar-refractivity contribution in [3.8, 4) is 0 Å². The molecule has 2 amide bonds. The van der Waals surface area contributed by atoms with Crippen molar-refractivity contribution in [3.05, 3.63) is 27.6 Å². The van der Waals surface area contributed by atoms with Gasteiger partial charge >= 0.3 is 12.0 Å². The van der Waals surface area contributed by atoms with Crippen LogP contribution in [0, 0.1) is 9.39 Å². The molecule has 3 N–H and O–H groups in total. The molecule has 0 heterocycles. The van der Waals surface area contributed by atoms with E-state index < -0.39 is 17.5 Å². The smallest absolute Gasteiger partial charge is 0.319 e. The molecule has 0 unspecified atom stereocenters. The molecule has 7 heteroatoms. The predicted octanol–water partition coefficient (Wildman–Crippen LogP) is 3.20. The number of benzene rings is 1. The molecular weight excluding hydrogens is 378 g/mol. The Balaban J connectivity index is 2.60. The Labute approximate surface area is 130 Å². The minimum absolute atomic E-state index is 0.0264. The summed E-state index contributed by atoms with van der Waals surface area (Å²) in [7, 11) is 0. The zero-order valence-electron chi connectivity index (χ0n) is 11.2. The summed E-state index contributed by atoms with van der Waals surface area (Å²) in [5, 5.41) is 13.9. The molecule has 0 spiro atoms. The number of hydrogen-bond donors (Lipinski definition) is 3. The van der Waals surface area contributed by atoms with Gasteiger partial charge in [-0.3, -0.25) is 4.79 Å². The second-order valence-corrected chi connectivity index (χ2v) is 6.14. The Morgan fingerprint density at radius 2 is 2.05 bits per heavy atom. The molecule has 0 aliphatic carbocycles. The summed E-state index contributed by atoms with van der Waals surface area (Å²) in [5.41, 5.74) is -0.146. The van der Waals surface area contributed by atoms with Gasteiger partial charge in [-0.15, -0.1) is 0 Å².